The molecular formula is C14H19IN2O3. The predicted octanol–water partition coefficient (Wildman–Crippen LogP) is 3.16. The molecular weight excluding hydrogens is 371 g/mol. The molecule has 0 aliphatic heterocycles. The molecule has 0 fully saturated rings. The molecule has 0 aliphatic rings. The zero-order chi connectivity index (χ0) is 15.1. The van der Waals surface area contributed by atoms with Gasteiger partial charge in [-0.15, -0.1) is 0 Å². The quantitative estimate of drug-likeness (QED) is 0.653. The summed E-state index contributed by atoms with van der Waals surface area (Å²) in [5, 5.41) is 14.4. The van der Waals surface area contributed by atoms with Crippen LogP contribution in [0.5, 0.6) is 0 Å². The van der Waals surface area contributed by atoms with E-state index in [9.17, 15) is 9.59 Å². The second-order valence-electron chi connectivity index (χ2n) is 4.98. The van der Waals surface area contributed by atoms with E-state index >= 15 is 0 Å². The van der Waals surface area contributed by atoms with Gasteiger partial charge in [0.05, 0.1) is 11.6 Å². The Morgan fingerprint density at radius 1 is 1.30 bits per heavy atom. The third-order valence-corrected chi connectivity index (χ3v) is 3.68. The molecule has 1 atom stereocenters. The maximum atomic E-state index is 11.8. The summed E-state index contributed by atoms with van der Waals surface area (Å²) >= 11 is 2.13. The summed E-state index contributed by atoms with van der Waals surface area (Å²) in [6.07, 6.45) is 0.540. The summed E-state index contributed by atoms with van der Waals surface area (Å²) in [7, 11) is 0. The highest BCUT2D eigenvalue weighted by Crippen LogP contribution is 2.16. The largest absolute Gasteiger partial charge is 0.481 e. The first-order valence-corrected chi connectivity index (χ1v) is 7.50. The number of carbonyl (C=O) groups excluding carboxylic acids is 1. The Labute approximate surface area is 132 Å². The van der Waals surface area contributed by atoms with Gasteiger partial charge in [-0.25, -0.2) is 4.79 Å². The summed E-state index contributed by atoms with van der Waals surface area (Å²) in [5.74, 6) is -1.17. The number of carboxylic acids is 1. The van der Waals surface area contributed by atoms with E-state index in [1.165, 1.54) is 0 Å². The monoisotopic (exact) mass is 390 g/mol. The van der Waals surface area contributed by atoms with Crippen LogP contribution >= 0.6 is 22.6 Å². The molecule has 20 heavy (non-hydrogen) atoms. The van der Waals surface area contributed by atoms with Gasteiger partial charge in [-0.1, -0.05) is 26.0 Å². The zero-order valence-corrected chi connectivity index (χ0v) is 13.7. The minimum Gasteiger partial charge on any atom is -0.481 e. The Hall–Kier alpha value is -1.31. The fraction of sp³-hybridized carbons (Fsp3) is 0.429. The molecule has 0 aromatic heterocycles. The van der Waals surface area contributed by atoms with Crippen molar-refractivity contribution >= 4 is 40.3 Å². The first kappa shape index (κ1) is 16.7. The normalized spacial score (nSPS) is 12.0. The van der Waals surface area contributed by atoms with E-state index in [0.29, 0.717) is 12.1 Å². The van der Waals surface area contributed by atoms with Crippen molar-refractivity contribution < 1.29 is 14.7 Å². The lowest BCUT2D eigenvalue weighted by atomic mass is 9.97. The maximum absolute atomic E-state index is 11.8. The third kappa shape index (κ3) is 5.77. The van der Waals surface area contributed by atoms with Gasteiger partial charge in [0, 0.05) is 10.1 Å². The summed E-state index contributed by atoms with van der Waals surface area (Å²) in [5.41, 5.74) is 0.710. The van der Waals surface area contributed by atoms with Crippen molar-refractivity contribution in [2.75, 3.05) is 11.9 Å². The van der Waals surface area contributed by atoms with Crippen LogP contribution < -0.4 is 10.6 Å². The van der Waals surface area contributed by atoms with Crippen molar-refractivity contribution in [1.29, 1.82) is 0 Å². The van der Waals surface area contributed by atoms with Crippen molar-refractivity contribution in [3.8, 4) is 0 Å². The van der Waals surface area contributed by atoms with Crippen molar-refractivity contribution in [1.82, 2.24) is 5.32 Å². The number of amides is 2. The van der Waals surface area contributed by atoms with Gasteiger partial charge in [-0.3, -0.25) is 4.79 Å². The first-order chi connectivity index (χ1) is 9.40. The second kappa shape index (κ2) is 8.08. The van der Waals surface area contributed by atoms with Crippen LogP contribution in [-0.4, -0.2) is 23.7 Å². The van der Waals surface area contributed by atoms with Crippen LogP contribution in [0.4, 0.5) is 10.5 Å². The molecule has 0 saturated heterocycles. The maximum Gasteiger partial charge on any atom is 0.319 e. The fourth-order valence-corrected chi connectivity index (χ4v) is 2.31. The molecule has 0 heterocycles. The van der Waals surface area contributed by atoms with E-state index in [1.54, 1.807) is 6.07 Å². The lowest BCUT2D eigenvalue weighted by Gasteiger charge is -2.16. The van der Waals surface area contributed by atoms with E-state index in [-0.39, 0.29) is 18.5 Å². The van der Waals surface area contributed by atoms with Crippen molar-refractivity contribution in [2.24, 2.45) is 11.8 Å². The number of anilines is 1. The molecule has 1 unspecified atom stereocenters. The number of nitrogens with one attached hydrogen (secondary N) is 2. The summed E-state index contributed by atoms with van der Waals surface area (Å²) < 4.78 is 0.928. The van der Waals surface area contributed by atoms with Crippen LogP contribution in [0, 0.1) is 15.4 Å². The number of urea groups is 1. The van der Waals surface area contributed by atoms with Gasteiger partial charge >= 0.3 is 12.0 Å². The number of carbonyl (C=O) groups is 2. The Bertz CT molecular complexity index is 477. The lowest BCUT2D eigenvalue weighted by molar-refractivity contribution is -0.142. The minimum atomic E-state index is -0.881. The van der Waals surface area contributed by atoms with E-state index in [1.807, 2.05) is 32.0 Å². The SMILES string of the molecule is CC(C)CC(CNC(=O)Nc1ccccc1I)C(=O)O. The van der Waals surface area contributed by atoms with Gasteiger partial charge in [0.1, 0.15) is 0 Å². The van der Waals surface area contributed by atoms with Crippen molar-refractivity contribution in [2.45, 2.75) is 20.3 Å². The molecule has 0 spiro atoms. The number of hydrogen-bond donors (Lipinski definition) is 3. The minimum absolute atomic E-state index is 0.128. The average molecular weight is 390 g/mol. The molecule has 1 aromatic rings. The molecule has 0 saturated carbocycles. The number of para-hydroxylation sites is 1. The van der Waals surface area contributed by atoms with Gasteiger partial charge in [0.2, 0.25) is 0 Å². The fourth-order valence-electron chi connectivity index (χ4n) is 1.79. The zero-order valence-electron chi connectivity index (χ0n) is 11.5. The van der Waals surface area contributed by atoms with Crippen LogP contribution in [0.15, 0.2) is 24.3 Å². The van der Waals surface area contributed by atoms with Gasteiger partial charge in [-0.05, 0) is 47.1 Å². The highest BCUT2D eigenvalue weighted by atomic mass is 127. The Morgan fingerprint density at radius 3 is 2.50 bits per heavy atom. The molecule has 110 valence electrons. The smallest absolute Gasteiger partial charge is 0.319 e. The second-order valence-corrected chi connectivity index (χ2v) is 6.14. The number of carboxylic acid groups (broad SMARTS) is 1. The van der Waals surface area contributed by atoms with E-state index in [2.05, 4.69) is 33.2 Å². The van der Waals surface area contributed by atoms with Gasteiger partial charge < -0.3 is 15.7 Å². The third-order valence-electron chi connectivity index (χ3n) is 2.74. The van der Waals surface area contributed by atoms with Crippen molar-refractivity contribution in [3.05, 3.63) is 27.8 Å². The molecule has 1 aromatic carbocycles. The van der Waals surface area contributed by atoms with Gasteiger partial charge in [0.15, 0.2) is 0 Å². The highest BCUT2D eigenvalue weighted by Gasteiger charge is 2.19. The number of aliphatic carboxylic acids is 1. The van der Waals surface area contributed by atoms with Gasteiger partial charge in [-0.2, -0.15) is 0 Å². The molecule has 5 nitrogen and oxygen atoms in total. The van der Waals surface area contributed by atoms with E-state index in [0.717, 1.165) is 3.57 Å². The van der Waals surface area contributed by atoms with Crippen molar-refractivity contribution in [3.63, 3.8) is 0 Å². The topological polar surface area (TPSA) is 78.4 Å². The number of halogens is 1. The molecule has 1 rings (SSSR count). The summed E-state index contributed by atoms with van der Waals surface area (Å²) in [4.78, 5) is 22.8. The highest BCUT2D eigenvalue weighted by molar-refractivity contribution is 14.1. The summed E-state index contributed by atoms with van der Waals surface area (Å²) in [6, 6.07) is 7.01. The number of hydrogen-bond acceptors (Lipinski definition) is 2. The average Bonchev–Trinajstić information content (AvgIpc) is 2.36. The lowest BCUT2D eigenvalue weighted by Crippen LogP contribution is -2.36. The van der Waals surface area contributed by atoms with Crippen LogP contribution in [-0.2, 0) is 4.79 Å². The Morgan fingerprint density at radius 2 is 1.95 bits per heavy atom. The van der Waals surface area contributed by atoms with Crippen LogP contribution in [0.3, 0.4) is 0 Å². The molecule has 0 radical (unpaired) electrons. The van der Waals surface area contributed by atoms with Gasteiger partial charge in [0.25, 0.3) is 0 Å². The molecule has 0 aliphatic carbocycles. The van der Waals surface area contributed by atoms with Crippen LogP contribution in [0.1, 0.15) is 20.3 Å². The molecule has 2 amide bonds. The van der Waals surface area contributed by atoms with E-state index < -0.39 is 11.9 Å². The number of benzene rings is 1. The Kier molecular flexibility index (Phi) is 6.77. The Balaban J connectivity index is 2.50. The first-order valence-electron chi connectivity index (χ1n) is 6.42. The predicted molar refractivity (Wildman–Crippen MR) is 86.8 cm³/mol. The van der Waals surface area contributed by atoms with E-state index in [4.69, 9.17) is 5.11 Å². The van der Waals surface area contributed by atoms with Crippen LogP contribution in [0.25, 0.3) is 0 Å². The standard InChI is InChI=1S/C14H19IN2O3/c1-9(2)7-10(13(18)19)8-16-14(20)17-12-6-4-3-5-11(12)15/h3-6,9-10H,7-8H2,1-2H3,(H,18,19)(H2,16,17,20). The molecule has 3 N–H and O–H groups in total. The molecule has 0 bridgehead atoms. The number of rotatable bonds is 6. The van der Waals surface area contributed by atoms with Crippen LogP contribution in [0.2, 0.25) is 0 Å². The summed E-state index contributed by atoms with van der Waals surface area (Å²) in [6.45, 7) is 4.05. The molecule has 6 heteroatoms.